The van der Waals surface area contributed by atoms with Gasteiger partial charge in [-0.1, -0.05) is 0 Å². The fourth-order valence-corrected chi connectivity index (χ4v) is 2.28. The molecule has 2 rings (SSSR count). The number of likely N-dealkylation sites (N-methyl/N-ethyl adjacent to an activating group) is 1. The zero-order valence-electron chi connectivity index (χ0n) is 11.1. The number of rotatable bonds is 2. The predicted molar refractivity (Wildman–Crippen MR) is 73.2 cm³/mol. The van der Waals surface area contributed by atoms with Crippen LogP contribution in [0.25, 0.3) is 0 Å². The molecule has 0 aromatic carbocycles. The molecule has 2 unspecified atom stereocenters. The van der Waals surface area contributed by atoms with Crippen molar-refractivity contribution in [3.63, 3.8) is 0 Å². The quantitative estimate of drug-likeness (QED) is 0.498. The Labute approximate surface area is 107 Å². The number of anilines is 3. The van der Waals surface area contributed by atoms with Crippen LogP contribution in [0.1, 0.15) is 13.8 Å². The summed E-state index contributed by atoms with van der Waals surface area (Å²) in [6.07, 6.45) is 0. The lowest BCUT2D eigenvalue weighted by atomic mass is 10.1. The topological polar surface area (TPSA) is 96.3 Å². The van der Waals surface area contributed by atoms with Gasteiger partial charge in [-0.25, -0.2) is 5.84 Å². The molecular formula is C11H21N7. The van der Waals surface area contributed by atoms with Crippen LogP contribution in [0.4, 0.5) is 17.6 Å². The molecule has 7 nitrogen and oxygen atoms in total. The van der Waals surface area contributed by atoms with Gasteiger partial charge < -0.3 is 16.1 Å². The predicted octanol–water partition coefficient (Wildman–Crippen LogP) is -0.127. The molecule has 18 heavy (non-hydrogen) atoms. The third-order valence-corrected chi connectivity index (χ3v) is 3.56. The van der Waals surface area contributed by atoms with E-state index >= 15 is 0 Å². The molecule has 7 heteroatoms. The van der Waals surface area contributed by atoms with Crippen molar-refractivity contribution in [1.82, 2.24) is 14.9 Å². The molecule has 1 fully saturated rings. The summed E-state index contributed by atoms with van der Waals surface area (Å²) in [5.74, 6) is 6.97. The third-order valence-electron chi connectivity index (χ3n) is 3.56. The molecule has 100 valence electrons. The molecule has 0 amide bonds. The van der Waals surface area contributed by atoms with Crippen LogP contribution in [0.3, 0.4) is 0 Å². The number of aromatic nitrogens is 2. The second-order valence-electron chi connectivity index (χ2n) is 4.88. The number of piperazine rings is 1. The summed E-state index contributed by atoms with van der Waals surface area (Å²) in [6, 6.07) is 2.76. The SMILES string of the molecule is CC1CN(c2cc(NN)nc(N)n2)CC(C)N1C. The zero-order valence-corrected chi connectivity index (χ0v) is 11.1. The molecule has 1 aromatic rings. The highest BCUT2D eigenvalue weighted by Gasteiger charge is 2.27. The molecule has 2 heterocycles. The molecule has 2 atom stereocenters. The van der Waals surface area contributed by atoms with Crippen LogP contribution in [0.2, 0.25) is 0 Å². The Morgan fingerprint density at radius 2 is 1.89 bits per heavy atom. The molecule has 1 aliphatic rings. The van der Waals surface area contributed by atoms with Crippen molar-refractivity contribution < 1.29 is 0 Å². The van der Waals surface area contributed by atoms with Gasteiger partial charge in [0.15, 0.2) is 0 Å². The minimum atomic E-state index is 0.236. The van der Waals surface area contributed by atoms with E-state index in [2.05, 4.69) is 46.1 Å². The number of nitrogens with two attached hydrogens (primary N) is 2. The Kier molecular flexibility index (Phi) is 3.53. The molecule has 0 saturated carbocycles. The molecule has 0 bridgehead atoms. The molecular weight excluding hydrogens is 230 g/mol. The van der Waals surface area contributed by atoms with Crippen LogP contribution in [-0.2, 0) is 0 Å². The Hall–Kier alpha value is -1.60. The molecule has 0 radical (unpaired) electrons. The van der Waals surface area contributed by atoms with E-state index in [1.54, 1.807) is 0 Å². The summed E-state index contributed by atoms with van der Waals surface area (Å²) < 4.78 is 0. The fraction of sp³-hybridized carbons (Fsp3) is 0.636. The van der Waals surface area contributed by atoms with Gasteiger partial charge in [-0.15, -0.1) is 0 Å². The fourth-order valence-electron chi connectivity index (χ4n) is 2.28. The maximum absolute atomic E-state index is 5.68. The minimum absolute atomic E-state index is 0.236. The van der Waals surface area contributed by atoms with Crippen LogP contribution in [0, 0.1) is 0 Å². The first kappa shape index (κ1) is 12.8. The number of nitrogen functional groups attached to an aromatic ring is 2. The smallest absolute Gasteiger partial charge is 0.223 e. The van der Waals surface area contributed by atoms with Gasteiger partial charge in [-0.05, 0) is 20.9 Å². The van der Waals surface area contributed by atoms with Gasteiger partial charge in [0.2, 0.25) is 5.95 Å². The second-order valence-corrected chi connectivity index (χ2v) is 4.88. The maximum Gasteiger partial charge on any atom is 0.223 e. The van der Waals surface area contributed by atoms with E-state index in [9.17, 15) is 0 Å². The first-order chi connectivity index (χ1) is 8.51. The molecule has 1 saturated heterocycles. The highest BCUT2D eigenvalue weighted by Crippen LogP contribution is 2.22. The van der Waals surface area contributed by atoms with Crippen molar-refractivity contribution >= 4 is 17.6 Å². The molecule has 1 aromatic heterocycles. The zero-order chi connectivity index (χ0) is 13.3. The Bertz CT molecular complexity index is 410. The lowest BCUT2D eigenvalue weighted by Gasteiger charge is -2.43. The molecule has 0 aliphatic carbocycles. The van der Waals surface area contributed by atoms with E-state index in [0.717, 1.165) is 18.9 Å². The largest absolute Gasteiger partial charge is 0.368 e. The lowest BCUT2D eigenvalue weighted by molar-refractivity contribution is 0.169. The van der Waals surface area contributed by atoms with Gasteiger partial charge in [0.1, 0.15) is 11.6 Å². The highest BCUT2D eigenvalue weighted by molar-refractivity contribution is 5.52. The number of hydrazine groups is 1. The molecule has 5 N–H and O–H groups in total. The van der Waals surface area contributed by atoms with Crippen molar-refractivity contribution in [1.29, 1.82) is 0 Å². The van der Waals surface area contributed by atoms with E-state index < -0.39 is 0 Å². The summed E-state index contributed by atoms with van der Waals surface area (Å²) in [6.45, 7) is 6.24. The van der Waals surface area contributed by atoms with Crippen LogP contribution < -0.4 is 21.9 Å². The monoisotopic (exact) mass is 251 g/mol. The Morgan fingerprint density at radius 3 is 2.44 bits per heavy atom. The van der Waals surface area contributed by atoms with Crippen LogP contribution in [-0.4, -0.2) is 47.1 Å². The number of hydrogen-bond acceptors (Lipinski definition) is 7. The van der Waals surface area contributed by atoms with Crippen molar-refractivity contribution in [2.75, 3.05) is 36.2 Å². The van der Waals surface area contributed by atoms with Crippen molar-refractivity contribution in [2.24, 2.45) is 5.84 Å². The molecule has 1 aliphatic heterocycles. The standard InChI is InChI=1S/C11H21N7/c1-7-5-18(6-8(2)17(7)3)10-4-9(16-13)14-11(12)15-10/h4,7-8H,5-6,13H2,1-3H3,(H3,12,14,15,16). The summed E-state index contributed by atoms with van der Waals surface area (Å²) in [5.41, 5.74) is 8.19. The first-order valence-electron chi connectivity index (χ1n) is 6.09. The van der Waals surface area contributed by atoms with Crippen molar-refractivity contribution in [3.05, 3.63) is 6.07 Å². The van der Waals surface area contributed by atoms with E-state index in [1.807, 2.05) is 6.07 Å². The summed E-state index contributed by atoms with van der Waals surface area (Å²) in [4.78, 5) is 12.9. The highest BCUT2D eigenvalue weighted by atomic mass is 15.3. The van der Waals surface area contributed by atoms with Gasteiger partial charge in [0, 0.05) is 31.2 Å². The average Bonchev–Trinajstić information content (AvgIpc) is 2.34. The van der Waals surface area contributed by atoms with Crippen LogP contribution in [0.5, 0.6) is 0 Å². The van der Waals surface area contributed by atoms with E-state index in [4.69, 9.17) is 11.6 Å². The second kappa shape index (κ2) is 4.95. The van der Waals surface area contributed by atoms with Gasteiger partial charge >= 0.3 is 0 Å². The molecule has 0 spiro atoms. The first-order valence-corrected chi connectivity index (χ1v) is 6.09. The lowest BCUT2D eigenvalue weighted by Crippen LogP contribution is -2.55. The van der Waals surface area contributed by atoms with E-state index in [1.165, 1.54) is 0 Å². The van der Waals surface area contributed by atoms with Gasteiger partial charge in [-0.2, -0.15) is 9.97 Å². The number of nitrogens with one attached hydrogen (secondary N) is 1. The van der Waals surface area contributed by atoms with Gasteiger partial charge in [0.25, 0.3) is 0 Å². The normalized spacial score (nSPS) is 25.2. The van der Waals surface area contributed by atoms with Gasteiger partial charge in [-0.3, -0.25) is 4.90 Å². The third kappa shape index (κ3) is 2.46. The summed E-state index contributed by atoms with van der Waals surface area (Å²) in [7, 11) is 2.15. The van der Waals surface area contributed by atoms with Crippen LogP contribution in [0.15, 0.2) is 6.07 Å². The van der Waals surface area contributed by atoms with Crippen molar-refractivity contribution in [2.45, 2.75) is 25.9 Å². The number of hydrogen-bond donors (Lipinski definition) is 3. The Morgan fingerprint density at radius 1 is 1.28 bits per heavy atom. The summed E-state index contributed by atoms with van der Waals surface area (Å²) >= 11 is 0. The Balaban J connectivity index is 2.23. The average molecular weight is 251 g/mol. The van der Waals surface area contributed by atoms with Gasteiger partial charge in [0.05, 0.1) is 0 Å². The number of nitrogens with zero attached hydrogens (tertiary/aromatic N) is 4. The van der Waals surface area contributed by atoms with E-state index in [-0.39, 0.29) is 5.95 Å². The van der Waals surface area contributed by atoms with Crippen molar-refractivity contribution in [3.8, 4) is 0 Å². The van der Waals surface area contributed by atoms with E-state index in [0.29, 0.717) is 17.9 Å². The summed E-state index contributed by atoms with van der Waals surface area (Å²) in [5, 5.41) is 0. The minimum Gasteiger partial charge on any atom is -0.368 e. The van der Waals surface area contributed by atoms with Crippen LogP contribution >= 0.6 is 0 Å². The maximum atomic E-state index is 5.68.